The van der Waals surface area contributed by atoms with Crippen LogP contribution in [0.2, 0.25) is 0 Å². The van der Waals surface area contributed by atoms with Crippen LogP contribution < -0.4 is 5.32 Å². The van der Waals surface area contributed by atoms with Crippen molar-refractivity contribution < 1.29 is 9.21 Å². The van der Waals surface area contributed by atoms with Crippen molar-refractivity contribution in [1.29, 1.82) is 0 Å². The van der Waals surface area contributed by atoms with Crippen molar-refractivity contribution in [2.75, 3.05) is 5.32 Å². The molecule has 7 nitrogen and oxygen atoms in total. The van der Waals surface area contributed by atoms with E-state index in [0.29, 0.717) is 22.1 Å². The summed E-state index contributed by atoms with van der Waals surface area (Å²) in [7, 11) is 0. The maximum Gasteiger partial charge on any atom is 0.261 e. The molecule has 1 amide bonds. The minimum atomic E-state index is -0.306. The molecule has 0 spiro atoms. The van der Waals surface area contributed by atoms with Crippen LogP contribution in [0.4, 0.5) is 5.13 Å². The van der Waals surface area contributed by atoms with E-state index in [-0.39, 0.29) is 5.91 Å². The van der Waals surface area contributed by atoms with E-state index in [1.165, 1.54) is 11.3 Å². The van der Waals surface area contributed by atoms with Crippen molar-refractivity contribution in [3.63, 3.8) is 0 Å². The predicted octanol–water partition coefficient (Wildman–Crippen LogP) is 4.11. The molecule has 0 radical (unpaired) electrons. The Labute approximate surface area is 159 Å². The number of benzene rings is 1. The van der Waals surface area contributed by atoms with Gasteiger partial charge in [-0.3, -0.25) is 10.1 Å². The van der Waals surface area contributed by atoms with Gasteiger partial charge in [0.15, 0.2) is 5.76 Å². The average Bonchev–Trinajstić information content (AvgIpc) is 3.41. The number of furan rings is 1. The number of rotatable bonds is 5. The number of hydrogen-bond acceptors (Lipinski definition) is 6. The van der Waals surface area contributed by atoms with Gasteiger partial charge in [0.05, 0.1) is 11.3 Å². The van der Waals surface area contributed by atoms with Crippen LogP contribution in [0.25, 0.3) is 17.1 Å². The second-order valence-electron chi connectivity index (χ2n) is 5.89. The van der Waals surface area contributed by atoms with Crippen LogP contribution in [0.3, 0.4) is 0 Å². The van der Waals surface area contributed by atoms with Gasteiger partial charge in [-0.05, 0) is 37.6 Å². The third kappa shape index (κ3) is 3.52. The summed E-state index contributed by atoms with van der Waals surface area (Å²) in [6.45, 7) is 3.85. The highest BCUT2D eigenvalue weighted by molar-refractivity contribution is 7.15. The number of aryl methyl sites for hydroxylation is 2. The summed E-state index contributed by atoms with van der Waals surface area (Å²) in [5, 5.41) is 16.8. The lowest BCUT2D eigenvalue weighted by atomic mass is 10.2. The summed E-state index contributed by atoms with van der Waals surface area (Å²) in [6, 6.07) is 13.3. The molecular formula is C19H17N5O2S. The summed E-state index contributed by atoms with van der Waals surface area (Å²) < 4.78 is 7.37. The Kier molecular flexibility index (Phi) is 4.55. The molecule has 0 fully saturated rings. The summed E-state index contributed by atoms with van der Waals surface area (Å²) >= 11 is 1.36. The number of hydrogen-bond donors (Lipinski definition) is 1. The molecule has 3 aromatic heterocycles. The van der Waals surface area contributed by atoms with Crippen LogP contribution in [0, 0.1) is 6.92 Å². The van der Waals surface area contributed by atoms with Gasteiger partial charge in [0.25, 0.3) is 5.91 Å². The van der Waals surface area contributed by atoms with Crippen LogP contribution in [0.5, 0.6) is 0 Å². The molecule has 0 unspecified atom stereocenters. The summed E-state index contributed by atoms with van der Waals surface area (Å²) in [5.74, 6) is 0.987. The predicted molar refractivity (Wildman–Crippen MR) is 103 cm³/mol. The van der Waals surface area contributed by atoms with Gasteiger partial charge < -0.3 is 4.42 Å². The fraction of sp³-hybridized carbons (Fsp3) is 0.158. The topological polar surface area (TPSA) is 85.8 Å². The Morgan fingerprint density at radius 2 is 2.00 bits per heavy atom. The molecule has 0 aliphatic rings. The SMILES string of the molecule is CCc1nnc(NC(=O)c2cn(-c3ccccc3)nc2-c2ccc(C)o2)s1. The highest BCUT2D eigenvalue weighted by atomic mass is 32.1. The van der Waals surface area contributed by atoms with Gasteiger partial charge in [0.1, 0.15) is 16.5 Å². The molecule has 3 heterocycles. The zero-order chi connectivity index (χ0) is 18.8. The number of nitrogens with zero attached hydrogens (tertiary/aromatic N) is 4. The molecule has 0 aliphatic heterocycles. The van der Waals surface area contributed by atoms with E-state index in [1.54, 1.807) is 10.9 Å². The minimum absolute atomic E-state index is 0.306. The fourth-order valence-corrected chi connectivity index (χ4v) is 3.28. The monoisotopic (exact) mass is 379 g/mol. The quantitative estimate of drug-likeness (QED) is 0.564. The molecule has 1 N–H and O–H groups in total. The van der Waals surface area contributed by atoms with Crippen molar-refractivity contribution in [3.05, 3.63) is 65.0 Å². The van der Waals surface area contributed by atoms with Crippen LogP contribution in [0.1, 0.15) is 28.0 Å². The molecule has 0 saturated carbocycles. The van der Waals surface area contributed by atoms with Crippen molar-refractivity contribution in [3.8, 4) is 17.1 Å². The maximum atomic E-state index is 12.9. The molecule has 27 heavy (non-hydrogen) atoms. The van der Waals surface area contributed by atoms with Crippen LogP contribution >= 0.6 is 11.3 Å². The average molecular weight is 379 g/mol. The molecule has 0 aliphatic carbocycles. The molecular weight excluding hydrogens is 362 g/mol. The van der Waals surface area contributed by atoms with Gasteiger partial charge in [-0.25, -0.2) is 4.68 Å². The molecule has 0 saturated heterocycles. The Hall–Kier alpha value is -3.26. The normalized spacial score (nSPS) is 10.9. The number of para-hydroxylation sites is 1. The number of nitrogens with one attached hydrogen (secondary N) is 1. The van der Waals surface area contributed by atoms with Gasteiger partial charge in [0.2, 0.25) is 5.13 Å². The Balaban J connectivity index is 1.73. The first-order valence-electron chi connectivity index (χ1n) is 8.49. The third-order valence-electron chi connectivity index (χ3n) is 3.94. The molecule has 0 bridgehead atoms. The standard InChI is InChI=1S/C19H17N5O2S/c1-3-16-21-22-19(27-16)20-18(25)14-11-24(13-7-5-4-6-8-13)23-17(14)15-10-9-12(2)26-15/h4-11H,3H2,1-2H3,(H,20,22,25). The highest BCUT2D eigenvalue weighted by Gasteiger charge is 2.22. The lowest BCUT2D eigenvalue weighted by molar-refractivity contribution is 0.102. The van der Waals surface area contributed by atoms with Crippen molar-refractivity contribution in [2.45, 2.75) is 20.3 Å². The largest absolute Gasteiger partial charge is 0.460 e. The Morgan fingerprint density at radius 3 is 2.67 bits per heavy atom. The number of amides is 1. The van der Waals surface area contributed by atoms with E-state index < -0.39 is 0 Å². The first kappa shape index (κ1) is 17.2. The fourth-order valence-electron chi connectivity index (χ4n) is 2.61. The van der Waals surface area contributed by atoms with Crippen molar-refractivity contribution >= 4 is 22.4 Å². The number of carbonyl (C=O) groups excluding carboxylic acids is 1. The zero-order valence-corrected chi connectivity index (χ0v) is 15.7. The molecule has 1 aromatic carbocycles. The second-order valence-corrected chi connectivity index (χ2v) is 6.95. The smallest absolute Gasteiger partial charge is 0.261 e. The molecule has 8 heteroatoms. The zero-order valence-electron chi connectivity index (χ0n) is 14.8. The van der Waals surface area contributed by atoms with E-state index in [4.69, 9.17) is 4.42 Å². The summed E-state index contributed by atoms with van der Waals surface area (Å²) in [6.07, 6.45) is 2.47. The van der Waals surface area contributed by atoms with Gasteiger partial charge >= 0.3 is 0 Å². The highest BCUT2D eigenvalue weighted by Crippen LogP contribution is 2.27. The Morgan fingerprint density at radius 1 is 1.19 bits per heavy atom. The molecule has 4 aromatic rings. The van der Waals surface area contributed by atoms with Crippen LogP contribution in [-0.2, 0) is 6.42 Å². The Bertz CT molecular complexity index is 1080. The van der Waals surface area contributed by atoms with E-state index in [2.05, 4.69) is 20.6 Å². The lowest BCUT2D eigenvalue weighted by Gasteiger charge is -2.00. The molecule has 4 rings (SSSR count). The molecule has 136 valence electrons. The number of carbonyl (C=O) groups is 1. The first-order valence-corrected chi connectivity index (χ1v) is 9.31. The molecule has 0 atom stereocenters. The minimum Gasteiger partial charge on any atom is -0.460 e. The second kappa shape index (κ2) is 7.16. The van der Waals surface area contributed by atoms with Gasteiger partial charge in [-0.15, -0.1) is 10.2 Å². The van der Waals surface area contributed by atoms with Crippen molar-refractivity contribution in [1.82, 2.24) is 20.0 Å². The third-order valence-corrected chi connectivity index (χ3v) is 4.93. The van der Waals surface area contributed by atoms with Crippen LogP contribution in [-0.4, -0.2) is 25.9 Å². The van der Waals surface area contributed by atoms with Gasteiger partial charge in [-0.1, -0.05) is 36.5 Å². The number of anilines is 1. The van der Waals surface area contributed by atoms with E-state index in [1.807, 2.05) is 56.3 Å². The number of aromatic nitrogens is 4. The van der Waals surface area contributed by atoms with E-state index >= 15 is 0 Å². The summed E-state index contributed by atoms with van der Waals surface area (Å²) in [5.41, 5.74) is 1.73. The van der Waals surface area contributed by atoms with Crippen molar-refractivity contribution in [2.24, 2.45) is 0 Å². The first-order chi connectivity index (χ1) is 13.1. The van der Waals surface area contributed by atoms with E-state index in [0.717, 1.165) is 22.9 Å². The summed E-state index contributed by atoms with van der Waals surface area (Å²) in [4.78, 5) is 12.9. The maximum absolute atomic E-state index is 12.9. The van der Waals surface area contributed by atoms with Crippen LogP contribution in [0.15, 0.2) is 53.1 Å². The lowest BCUT2D eigenvalue weighted by Crippen LogP contribution is -2.12. The van der Waals surface area contributed by atoms with Gasteiger partial charge in [-0.2, -0.15) is 5.10 Å². The van der Waals surface area contributed by atoms with E-state index in [9.17, 15) is 4.79 Å². The van der Waals surface area contributed by atoms with Gasteiger partial charge in [0, 0.05) is 6.20 Å².